The van der Waals surface area contributed by atoms with Crippen LogP contribution < -0.4 is 10.6 Å². The quantitative estimate of drug-likeness (QED) is 0.769. The van der Waals surface area contributed by atoms with Gasteiger partial charge in [-0.1, -0.05) is 11.6 Å². The van der Waals surface area contributed by atoms with Gasteiger partial charge in [0.2, 0.25) is 0 Å². The first-order chi connectivity index (χ1) is 10.7. The highest BCUT2D eigenvalue weighted by molar-refractivity contribution is 6.30. The van der Waals surface area contributed by atoms with Gasteiger partial charge in [0.1, 0.15) is 5.69 Å². The molecule has 1 aromatic heterocycles. The summed E-state index contributed by atoms with van der Waals surface area (Å²) in [5.74, 6) is -0.186. The molecular formula is C16H18ClN3O2. The number of benzene rings is 1. The Morgan fingerprint density at radius 1 is 1.18 bits per heavy atom. The minimum Gasteiger partial charge on any atom is -0.385 e. The molecule has 0 bridgehead atoms. The first-order valence-electron chi connectivity index (χ1n) is 6.95. The van der Waals surface area contributed by atoms with E-state index in [0.717, 1.165) is 17.8 Å². The molecule has 0 aliphatic carbocycles. The zero-order chi connectivity index (χ0) is 15.8. The lowest BCUT2D eigenvalue weighted by Gasteiger charge is -2.07. The lowest BCUT2D eigenvalue weighted by Crippen LogP contribution is -2.26. The van der Waals surface area contributed by atoms with E-state index in [1.165, 1.54) is 0 Å². The second-order valence-electron chi connectivity index (χ2n) is 4.67. The van der Waals surface area contributed by atoms with Gasteiger partial charge >= 0.3 is 0 Å². The van der Waals surface area contributed by atoms with Crippen LogP contribution in [0.1, 0.15) is 16.9 Å². The van der Waals surface area contributed by atoms with Gasteiger partial charge in [-0.3, -0.25) is 4.79 Å². The Labute approximate surface area is 134 Å². The first kappa shape index (κ1) is 16.3. The number of anilines is 2. The number of hydrogen-bond acceptors (Lipinski definition) is 4. The average molecular weight is 320 g/mol. The number of nitrogens with one attached hydrogen (secondary N) is 2. The molecule has 6 heteroatoms. The van der Waals surface area contributed by atoms with E-state index < -0.39 is 0 Å². The molecule has 0 saturated heterocycles. The van der Waals surface area contributed by atoms with Gasteiger partial charge in [-0.25, -0.2) is 4.98 Å². The van der Waals surface area contributed by atoms with Crippen LogP contribution in [0.2, 0.25) is 5.02 Å². The molecule has 1 amide bonds. The van der Waals surface area contributed by atoms with Crippen molar-refractivity contribution in [3.8, 4) is 0 Å². The summed E-state index contributed by atoms with van der Waals surface area (Å²) in [7, 11) is 1.63. The van der Waals surface area contributed by atoms with Crippen LogP contribution in [0.4, 0.5) is 11.4 Å². The molecule has 0 radical (unpaired) electrons. The van der Waals surface area contributed by atoms with E-state index in [-0.39, 0.29) is 5.91 Å². The highest BCUT2D eigenvalue weighted by atomic mass is 35.5. The first-order valence-corrected chi connectivity index (χ1v) is 7.32. The molecule has 2 N–H and O–H groups in total. The Kier molecular flexibility index (Phi) is 6.18. The summed E-state index contributed by atoms with van der Waals surface area (Å²) >= 11 is 5.84. The van der Waals surface area contributed by atoms with Crippen LogP contribution in [0.15, 0.2) is 42.6 Å². The molecule has 0 aliphatic rings. The molecule has 1 aromatic carbocycles. The minimum absolute atomic E-state index is 0.186. The predicted molar refractivity (Wildman–Crippen MR) is 87.8 cm³/mol. The molecule has 0 fully saturated rings. The third-order valence-corrected chi connectivity index (χ3v) is 3.19. The number of carbonyl (C=O) groups is 1. The zero-order valence-corrected chi connectivity index (χ0v) is 13.1. The van der Waals surface area contributed by atoms with E-state index in [2.05, 4.69) is 15.6 Å². The summed E-state index contributed by atoms with van der Waals surface area (Å²) in [4.78, 5) is 16.0. The maximum absolute atomic E-state index is 11.9. The fraction of sp³-hybridized carbons (Fsp3) is 0.250. The number of halogens is 1. The number of carbonyl (C=O) groups excluding carboxylic acids is 1. The van der Waals surface area contributed by atoms with Crippen molar-refractivity contribution >= 4 is 28.9 Å². The van der Waals surface area contributed by atoms with Crippen LogP contribution in [-0.4, -0.2) is 31.2 Å². The number of methoxy groups -OCH3 is 1. The van der Waals surface area contributed by atoms with Crippen LogP contribution in [-0.2, 0) is 4.74 Å². The number of ether oxygens (including phenoxy) is 1. The van der Waals surface area contributed by atoms with Gasteiger partial charge in [-0.2, -0.15) is 0 Å². The van der Waals surface area contributed by atoms with Gasteiger partial charge < -0.3 is 15.4 Å². The van der Waals surface area contributed by atoms with Crippen LogP contribution in [0.5, 0.6) is 0 Å². The lowest BCUT2D eigenvalue weighted by atomic mass is 10.3. The van der Waals surface area contributed by atoms with Crippen molar-refractivity contribution < 1.29 is 9.53 Å². The van der Waals surface area contributed by atoms with Crippen molar-refractivity contribution in [3.63, 3.8) is 0 Å². The van der Waals surface area contributed by atoms with Crippen molar-refractivity contribution in [1.82, 2.24) is 10.3 Å². The molecule has 0 spiro atoms. The standard InChI is InChI=1S/C16H18ClN3O2/c1-22-10-2-9-18-16(21)15-8-7-14(11-19-15)20-13-5-3-12(17)4-6-13/h3-8,11,20H,2,9-10H2,1H3,(H,18,21). The fourth-order valence-corrected chi connectivity index (χ4v) is 1.94. The Morgan fingerprint density at radius 3 is 2.55 bits per heavy atom. The van der Waals surface area contributed by atoms with Crippen LogP contribution >= 0.6 is 11.6 Å². The summed E-state index contributed by atoms with van der Waals surface area (Å²) < 4.78 is 4.93. The third kappa shape index (κ3) is 5.02. The van der Waals surface area contributed by atoms with Crippen molar-refractivity contribution in [1.29, 1.82) is 0 Å². The molecule has 0 atom stereocenters. The molecule has 5 nitrogen and oxygen atoms in total. The lowest BCUT2D eigenvalue weighted by molar-refractivity contribution is 0.0943. The fourth-order valence-electron chi connectivity index (χ4n) is 1.81. The van der Waals surface area contributed by atoms with Crippen LogP contribution in [0.25, 0.3) is 0 Å². The van der Waals surface area contributed by atoms with Crippen molar-refractivity contribution in [2.24, 2.45) is 0 Å². The van der Waals surface area contributed by atoms with Crippen LogP contribution in [0.3, 0.4) is 0 Å². The molecule has 2 rings (SSSR count). The molecule has 2 aromatic rings. The van der Waals surface area contributed by atoms with Crippen molar-refractivity contribution in [3.05, 3.63) is 53.3 Å². The Morgan fingerprint density at radius 2 is 1.91 bits per heavy atom. The zero-order valence-electron chi connectivity index (χ0n) is 12.3. The number of rotatable bonds is 7. The summed E-state index contributed by atoms with van der Waals surface area (Å²) in [6.45, 7) is 1.19. The Bertz CT molecular complexity index is 600. The average Bonchev–Trinajstić information content (AvgIpc) is 2.54. The van der Waals surface area contributed by atoms with Gasteiger partial charge in [0, 0.05) is 31.0 Å². The normalized spacial score (nSPS) is 10.3. The summed E-state index contributed by atoms with van der Waals surface area (Å²) in [5, 5.41) is 6.66. The molecule has 22 heavy (non-hydrogen) atoms. The number of amides is 1. The van der Waals surface area contributed by atoms with Crippen molar-refractivity contribution in [2.45, 2.75) is 6.42 Å². The molecule has 1 heterocycles. The predicted octanol–water partition coefficient (Wildman–Crippen LogP) is 3.24. The van der Waals surface area contributed by atoms with E-state index in [1.54, 1.807) is 31.5 Å². The number of pyridine rings is 1. The van der Waals surface area contributed by atoms with Gasteiger partial charge in [0.25, 0.3) is 5.91 Å². The topological polar surface area (TPSA) is 63.2 Å². The number of aromatic nitrogens is 1. The molecule has 0 saturated carbocycles. The number of hydrogen-bond donors (Lipinski definition) is 2. The van der Waals surface area contributed by atoms with E-state index in [0.29, 0.717) is 23.9 Å². The second kappa shape index (κ2) is 8.36. The van der Waals surface area contributed by atoms with Crippen LogP contribution in [0, 0.1) is 0 Å². The van der Waals surface area contributed by atoms with Gasteiger partial charge in [-0.05, 0) is 42.8 Å². The van der Waals surface area contributed by atoms with Gasteiger partial charge in [0.05, 0.1) is 11.9 Å². The maximum atomic E-state index is 11.9. The van der Waals surface area contributed by atoms with E-state index in [4.69, 9.17) is 16.3 Å². The third-order valence-electron chi connectivity index (χ3n) is 2.94. The smallest absolute Gasteiger partial charge is 0.269 e. The minimum atomic E-state index is -0.186. The molecule has 0 aliphatic heterocycles. The maximum Gasteiger partial charge on any atom is 0.269 e. The largest absolute Gasteiger partial charge is 0.385 e. The Hall–Kier alpha value is -2.11. The molecular weight excluding hydrogens is 302 g/mol. The highest BCUT2D eigenvalue weighted by Crippen LogP contribution is 2.18. The van der Waals surface area contributed by atoms with Crippen molar-refractivity contribution in [2.75, 3.05) is 25.6 Å². The summed E-state index contributed by atoms with van der Waals surface area (Å²) in [6, 6.07) is 10.9. The highest BCUT2D eigenvalue weighted by Gasteiger charge is 2.06. The van der Waals surface area contributed by atoms with Gasteiger partial charge in [0.15, 0.2) is 0 Å². The van der Waals surface area contributed by atoms with E-state index >= 15 is 0 Å². The molecule has 116 valence electrons. The second-order valence-corrected chi connectivity index (χ2v) is 5.10. The summed E-state index contributed by atoms with van der Waals surface area (Å²) in [6.07, 6.45) is 2.40. The monoisotopic (exact) mass is 319 g/mol. The number of nitrogens with zero attached hydrogens (tertiary/aromatic N) is 1. The van der Waals surface area contributed by atoms with E-state index in [1.807, 2.05) is 18.2 Å². The summed E-state index contributed by atoms with van der Waals surface area (Å²) in [5.41, 5.74) is 2.10. The SMILES string of the molecule is COCCCNC(=O)c1ccc(Nc2ccc(Cl)cc2)cn1. The Balaban J connectivity index is 1.89. The van der Waals surface area contributed by atoms with Gasteiger partial charge in [-0.15, -0.1) is 0 Å². The molecule has 0 unspecified atom stereocenters. The van der Waals surface area contributed by atoms with E-state index in [9.17, 15) is 4.79 Å².